The Hall–Kier alpha value is -2.47. The molecule has 2 N–H and O–H groups in total. The van der Waals surface area contributed by atoms with Gasteiger partial charge in [-0.15, -0.1) is 0 Å². The van der Waals surface area contributed by atoms with E-state index in [1.165, 1.54) is 0 Å². The number of carbonyl (C=O) groups is 1. The van der Waals surface area contributed by atoms with Crippen LogP contribution in [0.15, 0.2) is 41.0 Å². The molecule has 1 saturated heterocycles. The summed E-state index contributed by atoms with van der Waals surface area (Å²) < 4.78 is 10.5. The summed E-state index contributed by atoms with van der Waals surface area (Å²) in [7, 11) is 1.57. The lowest BCUT2D eigenvalue weighted by molar-refractivity contribution is -0.123. The first-order valence-electron chi connectivity index (χ1n) is 10.4. The number of phenols is 1. The number of furan rings is 1. The summed E-state index contributed by atoms with van der Waals surface area (Å²) in [5.41, 5.74) is 1.36. The average molecular weight is 399 g/mol. The number of phenolic OH excluding ortho intramolecular Hbond substituents is 1. The van der Waals surface area contributed by atoms with Gasteiger partial charge in [0.2, 0.25) is 5.91 Å². The molecule has 1 aliphatic carbocycles. The Morgan fingerprint density at radius 1 is 1.38 bits per heavy atom. The zero-order valence-electron chi connectivity index (χ0n) is 17.2. The van der Waals surface area contributed by atoms with Crippen molar-refractivity contribution in [1.82, 2.24) is 10.2 Å². The van der Waals surface area contributed by atoms with Crippen molar-refractivity contribution in [3.63, 3.8) is 0 Å². The van der Waals surface area contributed by atoms with Gasteiger partial charge in [-0.05, 0) is 80.9 Å². The molecule has 0 bridgehead atoms. The van der Waals surface area contributed by atoms with Gasteiger partial charge in [0.1, 0.15) is 5.76 Å². The third-order valence-electron chi connectivity index (χ3n) is 6.72. The van der Waals surface area contributed by atoms with Crippen LogP contribution in [0.25, 0.3) is 0 Å². The molecule has 1 spiro atoms. The third kappa shape index (κ3) is 4.27. The van der Waals surface area contributed by atoms with E-state index in [-0.39, 0.29) is 23.0 Å². The number of amides is 1. The smallest absolute Gasteiger partial charge is 0.224 e. The molecule has 156 valence electrons. The van der Waals surface area contributed by atoms with Gasteiger partial charge in [0.25, 0.3) is 0 Å². The number of nitrogens with one attached hydrogen (secondary N) is 1. The van der Waals surface area contributed by atoms with Crippen LogP contribution in [0.5, 0.6) is 11.5 Å². The Balaban J connectivity index is 1.25. The lowest BCUT2D eigenvalue weighted by Gasteiger charge is -2.37. The number of ether oxygens (including phenoxy) is 1. The normalized spacial score (nSPS) is 21.7. The van der Waals surface area contributed by atoms with E-state index < -0.39 is 0 Å². The lowest BCUT2D eigenvalue weighted by atomic mass is 9.89. The van der Waals surface area contributed by atoms with E-state index in [4.69, 9.17) is 9.15 Å². The van der Waals surface area contributed by atoms with Crippen LogP contribution in [0, 0.1) is 11.3 Å². The highest BCUT2D eigenvalue weighted by molar-refractivity contribution is 5.82. The minimum atomic E-state index is 0.149. The van der Waals surface area contributed by atoms with E-state index in [0.29, 0.717) is 18.3 Å². The molecule has 1 saturated carbocycles. The number of piperidine rings is 1. The number of aromatic hydroxyl groups is 1. The second kappa shape index (κ2) is 8.11. The Labute approximate surface area is 171 Å². The molecular formula is C23H30N2O4. The first kappa shape index (κ1) is 19.8. The number of carbonyl (C=O) groups excluding carboxylic acids is 1. The molecule has 6 nitrogen and oxygen atoms in total. The fourth-order valence-corrected chi connectivity index (χ4v) is 4.71. The predicted octanol–water partition coefficient (Wildman–Crippen LogP) is 3.34. The fourth-order valence-electron chi connectivity index (χ4n) is 4.71. The zero-order valence-corrected chi connectivity index (χ0v) is 17.2. The molecule has 1 aromatic carbocycles. The Morgan fingerprint density at radius 3 is 2.86 bits per heavy atom. The van der Waals surface area contributed by atoms with Crippen LogP contribution in [-0.4, -0.2) is 42.2 Å². The molecule has 1 amide bonds. The Bertz CT molecular complexity index is 841. The van der Waals surface area contributed by atoms with E-state index in [1.807, 2.05) is 24.3 Å². The van der Waals surface area contributed by atoms with Crippen LogP contribution in [-0.2, 0) is 17.8 Å². The second-order valence-corrected chi connectivity index (χ2v) is 8.51. The first-order chi connectivity index (χ1) is 14.0. The van der Waals surface area contributed by atoms with Crippen LogP contribution in [0.1, 0.15) is 37.5 Å². The van der Waals surface area contributed by atoms with Gasteiger partial charge in [-0.2, -0.15) is 0 Å². The topological polar surface area (TPSA) is 74.9 Å². The number of hydrogen-bond acceptors (Lipinski definition) is 5. The van der Waals surface area contributed by atoms with Crippen molar-refractivity contribution in [1.29, 1.82) is 0 Å². The summed E-state index contributed by atoms with van der Waals surface area (Å²) in [6, 6.07) is 9.70. The number of rotatable bonds is 7. The molecule has 6 heteroatoms. The van der Waals surface area contributed by atoms with Gasteiger partial charge >= 0.3 is 0 Å². The summed E-state index contributed by atoms with van der Waals surface area (Å²) in [4.78, 5) is 15.0. The van der Waals surface area contributed by atoms with E-state index in [1.54, 1.807) is 19.4 Å². The molecule has 0 radical (unpaired) electrons. The predicted molar refractivity (Wildman–Crippen MR) is 110 cm³/mol. The highest BCUT2D eigenvalue weighted by Gasteiger charge is 2.58. The number of methoxy groups -OCH3 is 1. The minimum absolute atomic E-state index is 0.149. The number of nitrogens with zero attached hydrogens (tertiary/aromatic N) is 1. The number of likely N-dealkylation sites (tertiary alicyclic amines) is 1. The van der Waals surface area contributed by atoms with Gasteiger partial charge in [0.05, 0.1) is 19.9 Å². The molecule has 2 fully saturated rings. The molecule has 2 heterocycles. The molecular weight excluding hydrogens is 368 g/mol. The average Bonchev–Trinajstić information content (AvgIpc) is 3.17. The van der Waals surface area contributed by atoms with Crippen LogP contribution < -0.4 is 10.1 Å². The van der Waals surface area contributed by atoms with Crippen LogP contribution in [0.2, 0.25) is 0 Å². The maximum absolute atomic E-state index is 12.5. The minimum Gasteiger partial charge on any atom is -0.504 e. The first-order valence-corrected chi connectivity index (χ1v) is 10.4. The SMILES string of the molecule is COc1cc(CC(C)N2CCC3(CC2)CC3C(=O)NCc2ccco2)ccc1O. The summed E-state index contributed by atoms with van der Waals surface area (Å²) in [6.45, 7) is 4.77. The van der Waals surface area contributed by atoms with Crippen molar-refractivity contribution in [3.8, 4) is 11.5 Å². The van der Waals surface area contributed by atoms with Crippen molar-refractivity contribution in [2.75, 3.05) is 20.2 Å². The van der Waals surface area contributed by atoms with Crippen LogP contribution in [0.4, 0.5) is 0 Å². The van der Waals surface area contributed by atoms with Crippen molar-refractivity contribution in [3.05, 3.63) is 47.9 Å². The van der Waals surface area contributed by atoms with Gasteiger partial charge < -0.3 is 24.5 Å². The molecule has 2 aliphatic rings. The van der Waals surface area contributed by atoms with Gasteiger partial charge in [0.15, 0.2) is 11.5 Å². The van der Waals surface area contributed by atoms with Crippen molar-refractivity contribution >= 4 is 5.91 Å². The van der Waals surface area contributed by atoms with Crippen molar-refractivity contribution in [2.24, 2.45) is 11.3 Å². The molecule has 1 aliphatic heterocycles. The summed E-state index contributed by atoms with van der Waals surface area (Å²) in [5, 5.41) is 12.8. The van der Waals surface area contributed by atoms with Gasteiger partial charge in [-0.3, -0.25) is 4.79 Å². The van der Waals surface area contributed by atoms with E-state index in [2.05, 4.69) is 17.1 Å². The van der Waals surface area contributed by atoms with Gasteiger partial charge in [0, 0.05) is 12.0 Å². The molecule has 1 aromatic heterocycles. The summed E-state index contributed by atoms with van der Waals surface area (Å²) in [6.07, 6.45) is 5.71. The van der Waals surface area contributed by atoms with Crippen LogP contribution in [0.3, 0.4) is 0 Å². The maximum atomic E-state index is 12.5. The maximum Gasteiger partial charge on any atom is 0.224 e. The standard InChI is InChI=1S/C23H30N2O4/c1-16(12-17-5-6-20(26)21(13-17)28-2)25-9-7-23(8-10-25)14-19(23)22(27)24-15-18-4-3-11-29-18/h3-6,11,13,16,19,26H,7-10,12,14-15H2,1-2H3,(H,24,27). The Kier molecular flexibility index (Phi) is 5.54. The molecule has 2 atom stereocenters. The monoisotopic (exact) mass is 398 g/mol. The Morgan fingerprint density at radius 2 is 2.17 bits per heavy atom. The number of benzene rings is 1. The number of hydrogen-bond donors (Lipinski definition) is 2. The van der Waals surface area contributed by atoms with E-state index in [9.17, 15) is 9.90 Å². The van der Waals surface area contributed by atoms with E-state index >= 15 is 0 Å². The fraction of sp³-hybridized carbons (Fsp3) is 0.522. The van der Waals surface area contributed by atoms with Gasteiger partial charge in [-0.1, -0.05) is 6.07 Å². The zero-order chi connectivity index (χ0) is 20.4. The third-order valence-corrected chi connectivity index (χ3v) is 6.72. The highest BCUT2D eigenvalue weighted by Crippen LogP contribution is 2.59. The molecule has 4 rings (SSSR count). The van der Waals surface area contributed by atoms with Crippen molar-refractivity contribution in [2.45, 2.75) is 45.2 Å². The largest absolute Gasteiger partial charge is 0.504 e. The second-order valence-electron chi connectivity index (χ2n) is 8.51. The molecule has 2 aromatic rings. The quantitative estimate of drug-likeness (QED) is 0.748. The molecule has 2 unspecified atom stereocenters. The van der Waals surface area contributed by atoms with E-state index in [0.717, 1.165) is 50.1 Å². The van der Waals surface area contributed by atoms with Crippen LogP contribution >= 0.6 is 0 Å². The summed E-state index contributed by atoms with van der Waals surface area (Å²) >= 11 is 0. The molecule has 29 heavy (non-hydrogen) atoms. The lowest BCUT2D eigenvalue weighted by Crippen LogP contribution is -2.42. The van der Waals surface area contributed by atoms with Gasteiger partial charge in [-0.25, -0.2) is 0 Å². The summed E-state index contributed by atoms with van der Waals surface area (Å²) in [5.74, 6) is 1.81. The highest BCUT2D eigenvalue weighted by atomic mass is 16.5. The van der Waals surface area contributed by atoms with Crippen molar-refractivity contribution < 1.29 is 19.1 Å².